The number of rotatable bonds is 6. The summed E-state index contributed by atoms with van der Waals surface area (Å²) in [5.41, 5.74) is 2.91. The first kappa shape index (κ1) is 27.3. The molecular formula is C29H34N6O2S. The van der Waals surface area contributed by atoms with Gasteiger partial charge in [0.05, 0.1) is 10.6 Å². The monoisotopic (exact) mass is 530 g/mol. The molecule has 2 unspecified atom stereocenters. The third-order valence-corrected chi connectivity index (χ3v) is 7.42. The predicted molar refractivity (Wildman–Crippen MR) is 153 cm³/mol. The molecule has 8 nitrogen and oxygen atoms in total. The predicted octanol–water partition coefficient (Wildman–Crippen LogP) is 5.22. The van der Waals surface area contributed by atoms with Gasteiger partial charge in [-0.3, -0.25) is 14.5 Å². The van der Waals surface area contributed by atoms with E-state index >= 15 is 0 Å². The van der Waals surface area contributed by atoms with E-state index in [4.69, 9.17) is 0 Å². The molecule has 3 N–H and O–H groups in total. The fraction of sp³-hybridized carbons (Fsp3) is 0.310. The molecule has 198 valence electrons. The second-order valence-electron chi connectivity index (χ2n) is 9.52. The zero-order valence-electron chi connectivity index (χ0n) is 21.8. The summed E-state index contributed by atoms with van der Waals surface area (Å²) in [4.78, 5) is 23.7. The molecule has 1 saturated heterocycles. The highest BCUT2D eigenvalue weighted by atomic mass is 32.2. The van der Waals surface area contributed by atoms with Crippen molar-refractivity contribution in [2.24, 2.45) is 5.92 Å². The van der Waals surface area contributed by atoms with Crippen LogP contribution in [0.2, 0.25) is 0 Å². The van der Waals surface area contributed by atoms with Crippen molar-refractivity contribution < 1.29 is 9.00 Å². The molecule has 2 fully saturated rings. The standard InChI is InChI=1S/C14H16N4OS.C11H10N2O.C4H8/c19-20(12-4-2-1-3-5-12)18-14-16-9-7-13(17-14)11-6-8-15-10-11;1-8-5-12-6-9-2-3-10(13-7-14)4-11(8)9;1-4-2-3-4/h1-5,7,9,11,15H,6,8,10H2,(H,16,17,18);2-7H,1H3,(H,13,14);4H,2-3H2,1H3. The topological polar surface area (TPSA) is 109 Å². The Kier molecular flexibility index (Phi) is 9.89. The van der Waals surface area contributed by atoms with E-state index in [0.717, 1.165) is 53.1 Å². The van der Waals surface area contributed by atoms with Gasteiger partial charge in [-0.25, -0.2) is 14.2 Å². The van der Waals surface area contributed by atoms with Gasteiger partial charge in [-0.15, -0.1) is 0 Å². The Morgan fingerprint density at radius 3 is 2.53 bits per heavy atom. The van der Waals surface area contributed by atoms with E-state index in [0.29, 0.717) is 23.2 Å². The Labute approximate surface area is 226 Å². The number of benzene rings is 2. The highest BCUT2D eigenvalue weighted by Gasteiger charge is 2.18. The van der Waals surface area contributed by atoms with Crippen LogP contribution in [0.15, 0.2) is 78.1 Å². The van der Waals surface area contributed by atoms with Gasteiger partial charge in [-0.2, -0.15) is 0 Å². The molecule has 0 radical (unpaired) electrons. The van der Waals surface area contributed by atoms with Gasteiger partial charge in [-0.05, 0) is 67.1 Å². The molecule has 1 amide bonds. The summed E-state index contributed by atoms with van der Waals surface area (Å²) in [6.45, 7) is 6.24. The number of nitrogens with zero attached hydrogens (tertiary/aromatic N) is 3. The first-order valence-corrected chi connectivity index (χ1v) is 14.0. The molecule has 0 bridgehead atoms. The van der Waals surface area contributed by atoms with Gasteiger partial charge in [0.2, 0.25) is 12.4 Å². The van der Waals surface area contributed by atoms with Crippen LogP contribution < -0.4 is 15.4 Å². The van der Waals surface area contributed by atoms with Gasteiger partial charge < -0.3 is 10.6 Å². The van der Waals surface area contributed by atoms with Gasteiger partial charge in [-0.1, -0.05) is 44.0 Å². The third kappa shape index (κ3) is 8.16. The number of amides is 1. The van der Waals surface area contributed by atoms with E-state index in [9.17, 15) is 9.00 Å². The first-order valence-electron chi connectivity index (χ1n) is 12.8. The maximum atomic E-state index is 12.2. The molecular weight excluding hydrogens is 496 g/mol. The number of nitrogens with one attached hydrogen (secondary N) is 3. The Balaban J connectivity index is 0.000000161. The second-order valence-corrected chi connectivity index (χ2v) is 10.7. The van der Waals surface area contributed by atoms with Crippen LogP contribution >= 0.6 is 0 Å². The molecule has 38 heavy (non-hydrogen) atoms. The number of aromatic nitrogens is 3. The molecule has 9 heteroatoms. The SMILES string of the molecule is CC1CC1.Cc1cncc2ccc(NC=O)cc12.O=S(Nc1nccc(C2CCNC2)n1)c1ccccc1. The highest BCUT2D eigenvalue weighted by Crippen LogP contribution is 2.26. The molecule has 2 aromatic carbocycles. The van der Waals surface area contributed by atoms with Crippen LogP contribution in [-0.4, -0.2) is 38.7 Å². The minimum Gasteiger partial charge on any atom is -0.329 e. The van der Waals surface area contributed by atoms with Crippen LogP contribution in [0.3, 0.4) is 0 Å². The molecule has 6 rings (SSSR count). The summed E-state index contributed by atoms with van der Waals surface area (Å²) in [7, 11) is -1.33. The lowest BCUT2D eigenvalue weighted by atomic mass is 10.1. The Hall–Kier alpha value is -3.69. The van der Waals surface area contributed by atoms with Crippen molar-refractivity contribution in [2.75, 3.05) is 23.1 Å². The molecule has 4 aromatic rings. The Morgan fingerprint density at radius 1 is 1.05 bits per heavy atom. The molecule has 0 spiro atoms. The average molecular weight is 531 g/mol. The smallest absolute Gasteiger partial charge is 0.235 e. The fourth-order valence-electron chi connectivity index (χ4n) is 3.88. The van der Waals surface area contributed by atoms with Crippen molar-refractivity contribution in [1.82, 2.24) is 20.3 Å². The lowest BCUT2D eigenvalue weighted by Crippen LogP contribution is -2.12. The summed E-state index contributed by atoms with van der Waals surface area (Å²) in [6.07, 6.45) is 10.1. The van der Waals surface area contributed by atoms with E-state index in [1.165, 1.54) is 12.8 Å². The quantitative estimate of drug-likeness (QED) is 0.295. The number of carbonyl (C=O) groups excluding carboxylic acids is 1. The minimum absolute atomic E-state index is 0.414. The fourth-order valence-corrected chi connectivity index (χ4v) is 4.66. The van der Waals surface area contributed by atoms with E-state index < -0.39 is 11.0 Å². The van der Waals surface area contributed by atoms with Gasteiger partial charge in [0.1, 0.15) is 0 Å². The highest BCUT2D eigenvalue weighted by molar-refractivity contribution is 7.86. The Bertz CT molecular complexity index is 1360. The number of anilines is 2. The molecule has 1 saturated carbocycles. The third-order valence-electron chi connectivity index (χ3n) is 6.35. The van der Waals surface area contributed by atoms with Gasteiger partial charge in [0.25, 0.3) is 0 Å². The number of carbonyl (C=O) groups is 1. The zero-order chi connectivity index (χ0) is 26.7. The number of aryl methyl sites for hydroxylation is 1. The van der Waals surface area contributed by atoms with Crippen molar-refractivity contribution >= 4 is 39.8 Å². The van der Waals surface area contributed by atoms with Crippen molar-refractivity contribution in [1.29, 1.82) is 0 Å². The Morgan fingerprint density at radius 2 is 1.84 bits per heavy atom. The van der Waals surface area contributed by atoms with Crippen LogP contribution in [0, 0.1) is 12.8 Å². The average Bonchev–Trinajstić information content (AvgIpc) is 3.53. The summed E-state index contributed by atoms with van der Waals surface area (Å²) >= 11 is 0. The number of pyridine rings is 1. The van der Waals surface area contributed by atoms with Gasteiger partial charge in [0, 0.05) is 42.1 Å². The van der Waals surface area contributed by atoms with Gasteiger partial charge >= 0.3 is 0 Å². The first-order chi connectivity index (χ1) is 18.5. The molecule has 1 aliphatic heterocycles. The van der Waals surface area contributed by atoms with E-state index in [-0.39, 0.29) is 0 Å². The van der Waals surface area contributed by atoms with Crippen molar-refractivity contribution in [3.05, 3.63) is 84.4 Å². The number of fused-ring (bicyclic) bond motifs is 1. The molecule has 2 aromatic heterocycles. The van der Waals surface area contributed by atoms with Crippen molar-refractivity contribution in [3.63, 3.8) is 0 Å². The lowest BCUT2D eigenvalue weighted by Gasteiger charge is -2.09. The number of hydrogen-bond acceptors (Lipinski definition) is 6. The largest absolute Gasteiger partial charge is 0.329 e. The summed E-state index contributed by atoms with van der Waals surface area (Å²) in [6, 6.07) is 16.9. The summed E-state index contributed by atoms with van der Waals surface area (Å²) < 4.78 is 15.0. The molecule has 1 aliphatic carbocycles. The van der Waals surface area contributed by atoms with E-state index in [1.807, 2.05) is 73.9 Å². The lowest BCUT2D eigenvalue weighted by molar-refractivity contribution is -0.105. The van der Waals surface area contributed by atoms with E-state index in [2.05, 4.69) is 37.2 Å². The van der Waals surface area contributed by atoms with Crippen molar-refractivity contribution in [3.8, 4) is 0 Å². The molecule has 2 aliphatic rings. The van der Waals surface area contributed by atoms with Crippen LogP contribution in [0.5, 0.6) is 0 Å². The maximum Gasteiger partial charge on any atom is 0.235 e. The maximum absolute atomic E-state index is 12.2. The molecule has 2 atom stereocenters. The normalized spacial score (nSPS) is 16.8. The second kappa shape index (κ2) is 13.7. The molecule has 3 heterocycles. The summed E-state index contributed by atoms with van der Waals surface area (Å²) in [5, 5.41) is 8.14. The van der Waals surface area contributed by atoms with Crippen LogP contribution in [-0.2, 0) is 15.8 Å². The number of hydrogen-bond donors (Lipinski definition) is 3. The van der Waals surface area contributed by atoms with Gasteiger partial charge in [0.15, 0.2) is 11.0 Å². The van der Waals surface area contributed by atoms with E-state index in [1.54, 1.807) is 6.20 Å². The zero-order valence-corrected chi connectivity index (χ0v) is 22.6. The summed E-state index contributed by atoms with van der Waals surface area (Å²) in [5.74, 6) is 1.92. The minimum atomic E-state index is -1.33. The van der Waals surface area contributed by atoms with Crippen LogP contribution in [0.1, 0.15) is 43.4 Å². The van der Waals surface area contributed by atoms with Crippen molar-refractivity contribution in [2.45, 2.75) is 43.9 Å². The van der Waals surface area contributed by atoms with Crippen LogP contribution in [0.25, 0.3) is 10.8 Å². The van der Waals surface area contributed by atoms with Crippen LogP contribution in [0.4, 0.5) is 11.6 Å².